The Morgan fingerprint density at radius 1 is 0.969 bits per heavy atom. The molecule has 0 atom stereocenters. The maximum absolute atomic E-state index is 12.8. The Labute approximate surface area is 192 Å². The van der Waals surface area contributed by atoms with E-state index in [-0.39, 0.29) is 10.8 Å². The van der Waals surface area contributed by atoms with Crippen molar-refractivity contribution in [2.24, 2.45) is 0 Å². The van der Waals surface area contributed by atoms with Crippen LogP contribution in [0.4, 0.5) is 0 Å². The highest BCUT2D eigenvalue weighted by molar-refractivity contribution is 7.89. The number of likely N-dealkylation sites (N-methyl/N-ethyl adjacent to an activating group) is 1. The number of sulfonamides is 1. The van der Waals surface area contributed by atoms with E-state index in [4.69, 9.17) is 0 Å². The van der Waals surface area contributed by atoms with Crippen molar-refractivity contribution < 1.29 is 13.2 Å². The summed E-state index contributed by atoms with van der Waals surface area (Å²) in [6, 6.07) is 14.5. The number of carbonyl (C=O) groups is 1. The summed E-state index contributed by atoms with van der Waals surface area (Å²) in [5.74, 6) is -0.286. The minimum Gasteiger partial charge on any atom is -0.348 e. The highest BCUT2D eigenvalue weighted by Gasteiger charge is 2.22. The molecule has 0 unspecified atom stereocenters. The minimum absolute atomic E-state index is 0.142. The van der Waals surface area contributed by atoms with Gasteiger partial charge >= 0.3 is 0 Å². The smallest absolute Gasteiger partial charge is 0.251 e. The van der Waals surface area contributed by atoms with E-state index in [1.54, 1.807) is 26.0 Å². The number of piperazine rings is 1. The molecule has 0 aromatic heterocycles. The predicted octanol–water partition coefficient (Wildman–Crippen LogP) is 2.39. The SMILES string of the molecule is CCN(CC)S(=O)(=O)c1cccc(C(=O)NCc2cccc(CN3CCN(C)CC3)c2)c1. The predicted molar refractivity (Wildman–Crippen MR) is 127 cm³/mol. The monoisotopic (exact) mass is 458 g/mol. The van der Waals surface area contributed by atoms with Gasteiger partial charge in [0, 0.05) is 57.9 Å². The number of amides is 1. The molecule has 0 spiro atoms. The van der Waals surface area contributed by atoms with Gasteiger partial charge in [0.1, 0.15) is 0 Å². The van der Waals surface area contributed by atoms with Crippen molar-refractivity contribution in [2.45, 2.75) is 31.8 Å². The fourth-order valence-electron chi connectivity index (χ4n) is 3.90. The Bertz CT molecular complexity index is 1010. The quantitative estimate of drug-likeness (QED) is 0.625. The highest BCUT2D eigenvalue weighted by Crippen LogP contribution is 2.17. The molecule has 1 N–H and O–H groups in total. The van der Waals surface area contributed by atoms with Gasteiger partial charge in [0.2, 0.25) is 10.0 Å². The van der Waals surface area contributed by atoms with Crippen LogP contribution in [-0.4, -0.2) is 74.7 Å². The van der Waals surface area contributed by atoms with E-state index in [0.29, 0.717) is 25.2 Å². The summed E-state index contributed by atoms with van der Waals surface area (Å²) in [7, 11) is -1.45. The third-order valence-electron chi connectivity index (χ3n) is 5.89. The molecule has 0 bridgehead atoms. The maximum atomic E-state index is 12.8. The summed E-state index contributed by atoms with van der Waals surface area (Å²) in [6.07, 6.45) is 0. The van der Waals surface area contributed by atoms with Crippen LogP contribution < -0.4 is 5.32 Å². The molecule has 1 heterocycles. The topological polar surface area (TPSA) is 73.0 Å². The zero-order valence-electron chi connectivity index (χ0n) is 19.3. The van der Waals surface area contributed by atoms with Gasteiger partial charge in [-0.1, -0.05) is 44.2 Å². The molecule has 1 aliphatic rings. The van der Waals surface area contributed by atoms with Gasteiger partial charge in [-0.25, -0.2) is 8.42 Å². The fraction of sp³-hybridized carbons (Fsp3) is 0.458. The van der Waals surface area contributed by atoms with E-state index in [1.807, 2.05) is 12.1 Å². The molecule has 1 fully saturated rings. The number of nitrogens with zero attached hydrogens (tertiary/aromatic N) is 3. The normalized spacial score (nSPS) is 15.8. The Kier molecular flexibility index (Phi) is 8.42. The minimum atomic E-state index is -3.60. The van der Waals surface area contributed by atoms with Gasteiger partial charge in [-0.15, -0.1) is 0 Å². The lowest BCUT2D eigenvalue weighted by molar-refractivity contribution is 0.0950. The number of nitrogens with one attached hydrogen (secondary N) is 1. The lowest BCUT2D eigenvalue weighted by Crippen LogP contribution is -2.43. The van der Waals surface area contributed by atoms with Crippen LogP contribution in [0.2, 0.25) is 0 Å². The largest absolute Gasteiger partial charge is 0.348 e. The number of carbonyl (C=O) groups excluding carboxylic acids is 1. The first-order valence-electron chi connectivity index (χ1n) is 11.2. The zero-order chi connectivity index (χ0) is 23.1. The van der Waals surface area contributed by atoms with Crippen molar-refractivity contribution in [1.82, 2.24) is 19.4 Å². The number of benzene rings is 2. The molecule has 2 aromatic carbocycles. The second-order valence-corrected chi connectivity index (χ2v) is 10.1. The van der Waals surface area contributed by atoms with Gasteiger partial charge < -0.3 is 10.2 Å². The van der Waals surface area contributed by atoms with Crippen LogP contribution in [0.25, 0.3) is 0 Å². The van der Waals surface area contributed by atoms with Crippen LogP contribution in [0.5, 0.6) is 0 Å². The van der Waals surface area contributed by atoms with Crippen LogP contribution >= 0.6 is 0 Å². The molecule has 1 amide bonds. The van der Waals surface area contributed by atoms with Crippen LogP contribution in [0, 0.1) is 0 Å². The van der Waals surface area contributed by atoms with Gasteiger partial charge in [0.15, 0.2) is 0 Å². The number of hydrogen-bond acceptors (Lipinski definition) is 5. The standard InChI is InChI=1S/C24H34N4O3S/c1-4-28(5-2)32(30,31)23-11-7-10-22(17-23)24(29)25-18-20-8-6-9-21(16-20)19-27-14-12-26(3)13-15-27/h6-11,16-17H,4-5,12-15,18-19H2,1-3H3,(H,25,29). The number of rotatable bonds is 9. The highest BCUT2D eigenvalue weighted by atomic mass is 32.2. The molecule has 3 rings (SSSR count). The molecule has 2 aromatic rings. The molecular formula is C24H34N4O3S. The van der Waals surface area contributed by atoms with Gasteiger partial charge in [-0.05, 0) is 36.4 Å². The van der Waals surface area contributed by atoms with Crippen LogP contribution in [0.15, 0.2) is 53.4 Å². The third-order valence-corrected chi connectivity index (χ3v) is 7.93. The van der Waals surface area contributed by atoms with E-state index in [1.165, 1.54) is 22.0 Å². The van der Waals surface area contributed by atoms with Crippen molar-refractivity contribution in [3.63, 3.8) is 0 Å². The second-order valence-electron chi connectivity index (χ2n) is 8.20. The van der Waals surface area contributed by atoms with E-state index < -0.39 is 10.0 Å². The summed E-state index contributed by atoms with van der Waals surface area (Å²) in [4.78, 5) is 17.6. The summed E-state index contributed by atoms with van der Waals surface area (Å²) in [6.45, 7) is 9.96. The average molecular weight is 459 g/mol. The zero-order valence-corrected chi connectivity index (χ0v) is 20.1. The van der Waals surface area contributed by atoms with E-state index in [9.17, 15) is 13.2 Å². The fourth-order valence-corrected chi connectivity index (χ4v) is 5.40. The molecule has 0 aliphatic carbocycles. The molecule has 1 saturated heterocycles. The lowest BCUT2D eigenvalue weighted by Gasteiger charge is -2.32. The Hall–Kier alpha value is -2.26. The van der Waals surface area contributed by atoms with Crippen molar-refractivity contribution in [3.8, 4) is 0 Å². The first-order valence-corrected chi connectivity index (χ1v) is 12.6. The van der Waals surface area contributed by atoms with Crippen molar-refractivity contribution >= 4 is 15.9 Å². The lowest BCUT2D eigenvalue weighted by atomic mass is 10.1. The first kappa shape index (κ1) is 24.4. The van der Waals surface area contributed by atoms with Gasteiger partial charge in [0.25, 0.3) is 5.91 Å². The summed E-state index contributed by atoms with van der Waals surface area (Å²) < 4.78 is 26.9. The van der Waals surface area contributed by atoms with Gasteiger partial charge in [0.05, 0.1) is 4.90 Å². The first-order chi connectivity index (χ1) is 15.3. The average Bonchev–Trinajstić information content (AvgIpc) is 2.80. The van der Waals surface area contributed by atoms with Gasteiger partial charge in [-0.2, -0.15) is 4.31 Å². The summed E-state index contributed by atoms with van der Waals surface area (Å²) in [5, 5.41) is 2.92. The molecular weight excluding hydrogens is 424 g/mol. The second kappa shape index (κ2) is 11.0. The maximum Gasteiger partial charge on any atom is 0.251 e. The van der Waals surface area contributed by atoms with E-state index in [2.05, 4.69) is 34.3 Å². The van der Waals surface area contributed by atoms with Crippen molar-refractivity contribution in [3.05, 3.63) is 65.2 Å². The third kappa shape index (κ3) is 6.16. The Morgan fingerprint density at radius 2 is 1.62 bits per heavy atom. The molecule has 0 saturated carbocycles. The molecule has 7 nitrogen and oxygen atoms in total. The summed E-state index contributed by atoms with van der Waals surface area (Å²) in [5.41, 5.74) is 2.59. The van der Waals surface area contributed by atoms with Crippen molar-refractivity contribution in [1.29, 1.82) is 0 Å². The molecule has 174 valence electrons. The van der Waals surface area contributed by atoms with Crippen LogP contribution in [0.1, 0.15) is 35.3 Å². The van der Waals surface area contributed by atoms with Crippen molar-refractivity contribution in [2.75, 3.05) is 46.3 Å². The van der Waals surface area contributed by atoms with Crippen LogP contribution in [0.3, 0.4) is 0 Å². The molecule has 32 heavy (non-hydrogen) atoms. The van der Waals surface area contributed by atoms with Crippen LogP contribution in [-0.2, 0) is 23.1 Å². The Morgan fingerprint density at radius 3 is 2.31 bits per heavy atom. The van der Waals surface area contributed by atoms with E-state index in [0.717, 1.165) is 38.3 Å². The molecule has 0 radical (unpaired) electrons. The summed E-state index contributed by atoms with van der Waals surface area (Å²) >= 11 is 0. The molecule has 8 heteroatoms. The van der Waals surface area contributed by atoms with Gasteiger partial charge in [-0.3, -0.25) is 9.69 Å². The number of hydrogen-bond donors (Lipinski definition) is 1. The Balaban J connectivity index is 1.62. The molecule has 1 aliphatic heterocycles. The van der Waals surface area contributed by atoms with E-state index >= 15 is 0 Å².